The molecular formula is C18H28O. The number of rotatable bonds is 5. The van der Waals surface area contributed by atoms with Gasteiger partial charge < -0.3 is 4.79 Å². The maximum atomic E-state index is 10.9. The molecule has 0 saturated carbocycles. The topological polar surface area (TPSA) is 17.1 Å². The number of Topliss-reactive ketones (excluding diaryl/α,β-unsaturated/α-hetero) is 1. The molecule has 1 rings (SSSR count). The van der Waals surface area contributed by atoms with E-state index in [1.807, 2.05) is 0 Å². The summed E-state index contributed by atoms with van der Waals surface area (Å²) in [7, 11) is 0. The molecule has 0 heterocycles. The van der Waals surface area contributed by atoms with E-state index in [1.54, 1.807) is 6.92 Å². The molecule has 1 heteroatoms. The molecule has 0 fully saturated rings. The standard InChI is InChI=1S/C18H28O/c1-14(8-6-10-16(3)19)11-12-17-15(2)9-7-13-18(17,4)5/h8,11-12H,6-7,9-10,13H2,1-5H3/b12-11+,14-8-. The fraction of sp³-hybridized carbons (Fsp3) is 0.611. The van der Waals surface area contributed by atoms with Gasteiger partial charge in [0.1, 0.15) is 5.78 Å². The van der Waals surface area contributed by atoms with Crippen LogP contribution in [0.5, 0.6) is 0 Å². The van der Waals surface area contributed by atoms with Gasteiger partial charge in [0.15, 0.2) is 0 Å². The van der Waals surface area contributed by atoms with Gasteiger partial charge in [0, 0.05) is 6.42 Å². The van der Waals surface area contributed by atoms with E-state index in [4.69, 9.17) is 0 Å². The molecule has 0 aliphatic heterocycles. The van der Waals surface area contributed by atoms with Gasteiger partial charge in [0.25, 0.3) is 0 Å². The second kappa shape index (κ2) is 6.88. The van der Waals surface area contributed by atoms with Crippen LogP contribution in [0, 0.1) is 5.41 Å². The Labute approximate surface area is 118 Å². The third kappa shape index (κ3) is 5.18. The molecule has 0 radical (unpaired) electrons. The zero-order valence-corrected chi connectivity index (χ0v) is 13.2. The van der Waals surface area contributed by atoms with E-state index < -0.39 is 0 Å². The predicted octanol–water partition coefficient (Wildman–Crippen LogP) is 5.38. The largest absolute Gasteiger partial charge is 0.300 e. The fourth-order valence-corrected chi connectivity index (χ4v) is 2.80. The summed E-state index contributed by atoms with van der Waals surface area (Å²) in [6.07, 6.45) is 12.0. The molecule has 0 aromatic heterocycles. The van der Waals surface area contributed by atoms with Crippen molar-refractivity contribution in [2.45, 2.75) is 66.7 Å². The first-order valence-corrected chi connectivity index (χ1v) is 7.37. The minimum absolute atomic E-state index is 0.264. The van der Waals surface area contributed by atoms with Crippen molar-refractivity contribution in [3.05, 3.63) is 34.9 Å². The van der Waals surface area contributed by atoms with Crippen molar-refractivity contribution < 1.29 is 4.79 Å². The van der Waals surface area contributed by atoms with Crippen LogP contribution in [-0.2, 0) is 4.79 Å². The van der Waals surface area contributed by atoms with Crippen molar-refractivity contribution in [3.8, 4) is 0 Å². The van der Waals surface area contributed by atoms with E-state index in [-0.39, 0.29) is 5.78 Å². The van der Waals surface area contributed by atoms with Gasteiger partial charge in [-0.05, 0) is 57.4 Å². The molecule has 106 valence electrons. The molecule has 0 unspecified atom stereocenters. The lowest BCUT2D eigenvalue weighted by Crippen LogP contribution is -2.19. The second-order valence-corrected chi connectivity index (χ2v) is 6.45. The average molecular weight is 260 g/mol. The van der Waals surface area contributed by atoms with E-state index in [2.05, 4.69) is 45.9 Å². The molecule has 1 nitrogen and oxygen atoms in total. The number of hydrogen-bond donors (Lipinski definition) is 0. The van der Waals surface area contributed by atoms with Crippen LogP contribution in [0.3, 0.4) is 0 Å². The van der Waals surface area contributed by atoms with Crippen molar-refractivity contribution in [1.82, 2.24) is 0 Å². The predicted molar refractivity (Wildman–Crippen MR) is 83.1 cm³/mol. The molecule has 0 N–H and O–H groups in total. The highest BCUT2D eigenvalue weighted by Gasteiger charge is 2.26. The molecule has 19 heavy (non-hydrogen) atoms. The summed E-state index contributed by atoms with van der Waals surface area (Å²) in [6, 6.07) is 0. The molecule has 0 saturated heterocycles. The van der Waals surface area contributed by atoms with E-state index in [0.717, 1.165) is 6.42 Å². The Kier molecular flexibility index (Phi) is 5.78. The monoisotopic (exact) mass is 260 g/mol. The summed E-state index contributed by atoms with van der Waals surface area (Å²) in [4.78, 5) is 10.9. The van der Waals surface area contributed by atoms with Crippen LogP contribution < -0.4 is 0 Å². The van der Waals surface area contributed by atoms with E-state index >= 15 is 0 Å². The molecule has 0 spiro atoms. The van der Waals surface area contributed by atoms with Crippen LogP contribution in [0.15, 0.2) is 34.9 Å². The summed E-state index contributed by atoms with van der Waals surface area (Å²) >= 11 is 0. The smallest absolute Gasteiger partial charge is 0.130 e. The lowest BCUT2D eigenvalue weighted by Gasteiger charge is -2.32. The number of ketones is 1. The Balaban J connectivity index is 2.71. The first kappa shape index (κ1) is 15.9. The number of carbonyl (C=O) groups excluding carboxylic acids is 1. The van der Waals surface area contributed by atoms with Gasteiger partial charge in [0.2, 0.25) is 0 Å². The molecule has 0 atom stereocenters. The van der Waals surface area contributed by atoms with Gasteiger partial charge in [-0.2, -0.15) is 0 Å². The molecule has 0 aromatic carbocycles. The van der Waals surface area contributed by atoms with Crippen LogP contribution in [0.2, 0.25) is 0 Å². The van der Waals surface area contributed by atoms with E-state index in [0.29, 0.717) is 11.8 Å². The van der Waals surface area contributed by atoms with Crippen molar-refractivity contribution in [3.63, 3.8) is 0 Å². The number of allylic oxidation sites excluding steroid dienone is 6. The normalized spacial score (nSPS) is 20.2. The summed E-state index contributed by atoms with van der Waals surface area (Å²) in [6.45, 7) is 10.7. The van der Waals surface area contributed by atoms with E-state index in [1.165, 1.54) is 36.0 Å². The zero-order chi connectivity index (χ0) is 14.5. The summed E-state index contributed by atoms with van der Waals surface area (Å²) in [5.74, 6) is 0.264. The van der Waals surface area contributed by atoms with Gasteiger partial charge in [-0.25, -0.2) is 0 Å². The van der Waals surface area contributed by atoms with Crippen molar-refractivity contribution in [1.29, 1.82) is 0 Å². The van der Waals surface area contributed by atoms with E-state index in [9.17, 15) is 4.79 Å². The Bertz CT molecular complexity index is 419. The van der Waals surface area contributed by atoms with Gasteiger partial charge in [-0.15, -0.1) is 0 Å². The van der Waals surface area contributed by atoms with Gasteiger partial charge in [0.05, 0.1) is 0 Å². The van der Waals surface area contributed by atoms with Gasteiger partial charge in [-0.3, -0.25) is 0 Å². The Morgan fingerprint density at radius 3 is 2.58 bits per heavy atom. The lowest BCUT2D eigenvalue weighted by molar-refractivity contribution is -0.116. The highest BCUT2D eigenvalue weighted by atomic mass is 16.1. The molecule has 0 amide bonds. The zero-order valence-electron chi connectivity index (χ0n) is 13.2. The quantitative estimate of drug-likeness (QED) is 0.606. The molecule has 0 aromatic rings. The van der Waals surface area contributed by atoms with Crippen LogP contribution in [0.4, 0.5) is 0 Å². The highest BCUT2D eigenvalue weighted by Crippen LogP contribution is 2.40. The summed E-state index contributed by atoms with van der Waals surface area (Å²) in [5, 5.41) is 0. The van der Waals surface area contributed by atoms with Crippen molar-refractivity contribution >= 4 is 5.78 Å². The lowest BCUT2D eigenvalue weighted by atomic mass is 9.72. The maximum Gasteiger partial charge on any atom is 0.130 e. The molecule has 1 aliphatic carbocycles. The third-order valence-corrected chi connectivity index (χ3v) is 4.02. The minimum atomic E-state index is 0.264. The molecule has 0 bridgehead atoms. The van der Waals surface area contributed by atoms with Gasteiger partial charge >= 0.3 is 0 Å². The fourth-order valence-electron chi connectivity index (χ4n) is 2.80. The Hall–Kier alpha value is -1.11. The minimum Gasteiger partial charge on any atom is -0.300 e. The SMILES string of the molecule is CC(=O)CC/C=C(C)\C=C\C1=C(C)CCCC1(C)C. The summed E-state index contributed by atoms with van der Waals surface area (Å²) < 4.78 is 0. The van der Waals surface area contributed by atoms with Crippen molar-refractivity contribution in [2.24, 2.45) is 5.41 Å². The molecule has 1 aliphatic rings. The Morgan fingerprint density at radius 1 is 1.32 bits per heavy atom. The number of carbonyl (C=O) groups is 1. The molecular weight excluding hydrogens is 232 g/mol. The van der Waals surface area contributed by atoms with Crippen LogP contribution in [0.1, 0.15) is 66.7 Å². The van der Waals surface area contributed by atoms with Crippen LogP contribution >= 0.6 is 0 Å². The summed E-state index contributed by atoms with van der Waals surface area (Å²) in [5.41, 5.74) is 4.59. The average Bonchev–Trinajstić information content (AvgIpc) is 2.26. The van der Waals surface area contributed by atoms with Crippen molar-refractivity contribution in [2.75, 3.05) is 0 Å². The number of hydrogen-bond acceptors (Lipinski definition) is 1. The first-order chi connectivity index (χ1) is 8.83. The van der Waals surface area contributed by atoms with Gasteiger partial charge in [-0.1, -0.05) is 43.2 Å². The maximum absolute atomic E-state index is 10.9. The highest BCUT2D eigenvalue weighted by molar-refractivity contribution is 5.75. The first-order valence-electron chi connectivity index (χ1n) is 7.37. The second-order valence-electron chi connectivity index (χ2n) is 6.45. The van der Waals surface area contributed by atoms with Crippen LogP contribution in [-0.4, -0.2) is 5.78 Å². The Morgan fingerprint density at radius 2 is 2.00 bits per heavy atom. The van der Waals surface area contributed by atoms with Crippen LogP contribution in [0.25, 0.3) is 0 Å². The third-order valence-electron chi connectivity index (χ3n) is 4.02.